The summed E-state index contributed by atoms with van der Waals surface area (Å²) in [6.45, 7) is 1.82. The van der Waals surface area contributed by atoms with Gasteiger partial charge in [-0.1, -0.05) is 30.3 Å². The van der Waals surface area contributed by atoms with E-state index in [0.29, 0.717) is 30.4 Å². The molecule has 1 aromatic heterocycles. The fourth-order valence-corrected chi connectivity index (χ4v) is 3.73. The molecule has 6 nitrogen and oxygen atoms in total. The SMILES string of the molecule is O=C(CCn1cnc2ccccc2c1=O)N1CCCC(Nc2ccccc2)C1. The van der Waals surface area contributed by atoms with Gasteiger partial charge in [-0.2, -0.15) is 0 Å². The van der Waals surface area contributed by atoms with Crippen LogP contribution >= 0.6 is 0 Å². The Hall–Kier alpha value is -3.15. The second kappa shape index (κ2) is 8.25. The number of piperidine rings is 1. The van der Waals surface area contributed by atoms with Crippen LogP contribution in [0, 0.1) is 0 Å². The van der Waals surface area contributed by atoms with Gasteiger partial charge < -0.3 is 10.2 Å². The Labute approximate surface area is 163 Å². The maximum atomic E-state index is 12.7. The molecule has 1 amide bonds. The number of rotatable bonds is 5. The summed E-state index contributed by atoms with van der Waals surface area (Å²) in [5.41, 5.74) is 1.66. The maximum absolute atomic E-state index is 12.7. The third-order valence-electron chi connectivity index (χ3n) is 5.22. The quantitative estimate of drug-likeness (QED) is 0.744. The Morgan fingerprint density at radius 3 is 2.75 bits per heavy atom. The summed E-state index contributed by atoms with van der Waals surface area (Å²) in [5.74, 6) is 0.0830. The van der Waals surface area contributed by atoms with E-state index in [1.165, 1.54) is 10.9 Å². The molecule has 6 heteroatoms. The number of nitrogens with zero attached hydrogens (tertiary/aromatic N) is 3. The Balaban J connectivity index is 1.37. The molecule has 2 heterocycles. The van der Waals surface area contributed by atoms with Gasteiger partial charge >= 0.3 is 0 Å². The van der Waals surface area contributed by atoms with Gasteiger partial charge in [0.1, 0.15) is 0 Å². The number of nitrogens with one attached hydrogen (secondary N) is 1. The van der Waals surface area contributed by atoms with Gasteiger partial charge in [0.05, 0.1) is 17.2 Å². The molecule has 1 atom stereocenters. The van der Waals surface area contributed by atoms with E-state index in [0.717, 1.165) is 25.1 Å². The van der Waals surface area contributed by atoms with Gasteiger partial charge in [0.25, 0.3) is 5.56 Å². The maximum Gasteiger partial charge on any atom is 0.261 e. The largest absolute Gasteiger partial charge is 0.381 e. The first kappa shape index (κ1) is 18.2. The van der Waals surface area contributed by atoms with Crippen molar-refractivity contribution < 1.29 is 4.79 Å². The average Bonchev–Trinajstić information content (AvgIpc) is 2.74. The van der Waals surface area contributed by atoms with Crippen LogP contribution in [-0.2, 0) is 11.3 Å². The number of likely N-dealkylation sites (tertiary alicyclic amines) is 1. The number of hydrogen-bond donors (Lipinski definition) is 1. The molecular weight excluding hydrogens is 352 g/mol. The van der Waals surface area contributed by atoms with Gasteiger partial charge in [0, 0.05) is 37.8 Å². The molecule has 1 saturated heterocycles. The molecule has 2 aromatic carbocycles. The number of carbonyl (C=O) groups excluding carboxylic acids is 1. The topological polar surface area (TPSA) is 67.2 Å². The van der Waals surface area contributed by atoms with Crippen molar-refractivity contribution in [1.82, 2.24) is 14.5 Å². The van der Waals surface area contributed by atoms with Crippen molar-refractivity contribution >= 4 is 22.5 Å². The second-order valence-corrected chi connectivity index (χ2v) is 7.20. The highest BCUT2D eigenvalue weighted by Gasteiger charge is 2.23. The van der Waals surface area contributed by atoms with Crippen LogP contribution < -0.4 is 10.9 Å². The average molecular weight is 376 g/mol. The van der Waals surface area contributed by atoms with Crippen molar-refractivity contribution in [2.24, 2.45) is 0 Å². The molecular formula is C22H24N4O2. The van der Waals surface area contributed by atoms with E-state index in [9.17, 15) is 9.59 Å². The fourth-order valence-electron chi connectivity index (χ4n) is 3.73. The number of hydrogen-bond acceptors (Lipinski definition) is 4. The third kappa shape index (κ3) is 4.06. The molecule has 0 saturated carbocycles. The normalized spacial score (nSPS) is 16.9. The monoisotopic (exact) mass is 376 g/mol. The van der Waals surface area contributed by atoms with Crippen LogP contribution in [0.2, 0.25) is 0 Å². The molecule has 4 rings (SSSR count). The highest BCUT2D eigenvalue weighted by atomic mass is 16.2. The number of benzene rings is 2. The first-order valence-corrected chi connectivity index (χ1v) is 9.74. The molecule has 28 heavy (non-hydrogen) atoms. The minimum atomic E-state index is -0.0966. The van der Waals surface area contributed by atoms with Crippen molar-refractivity contribution in [3.05, 3.63) is 71.3 Å². The second-order valence-electron chi connectivity index (χ2n) is 7.20. The van der Waals surface area contributed by atoms with Crippen LogP contribution in [0.25, 0.3) is 10.9 Å². The molecule has 0 radical (unpaired) electrons. The number of para-hydroxylation sites is 2. The van der Waals surface area contributed by atoms with Gasteiger partial charge in [-0.05, 0) is 37.1 Å². The predicted octanol–water partition coefficient (Wildman–Crippen LogP) is 2.89. The molecule has 0 spiro atoms. The van der Waals surface area contributed by atoms with Crippen LogP contribution in [-0.4, -0.2) is 39.5 Å². The number of carbonyl (C=O) groups is 1. The van der Waals surface area contributed by atoms with Gasteiger partial charge in [-0.25, -0.2) is 4.98 Å². The molecule has 1 aliphatic heterocycles. The van der Waals surface area contributed by atoms with Gasteiger partial charge in [0.2, 0.25) is 5.91 Å². The van der Waals surface area contributed by atoms with Crippen molar-refractivity contribution in [3.8, 4) is 0 Å². The number of aromatic nitrogens is 2. The zero-order valence-corrected chi connectivity index (χ0v) is 15.8. The standard InChI is InChI=1S/C22H24N4O2/c27-21(12-14-26-16-23-20-11-5-4-10-19(20)22(26)28)25-13-6-9-18(15-25)24-17-7-2-1-3-8-17/h1-5,7-8,10-11,16,18,24H,6,9,12-15H2. The van der Waals surface area contributed by atoms with Gasteiger partial charge in [0.15, 0.2) is 0 Å². The summed E-state index contributed by atoms with van der Waals surface area (Å²) >= 11 is 0. The molecule has 1 aliphatic rings. The van der Waals surface area contributed by atoms with E-state index in [1.54, 1.807) is 6.07 Å². The Kier molecular flexibility index (Phi) is 5.37. The summed E-state index contributed by atoms with van der Waals surface area (Å²) in [5, 5.41) is 4.10. The van der Waals surface area contributed by atoms with Crippen LogP contribution in [0.1, 0.15) is 19.3 Å². The zero-order valence-electron chi connectivity index (χ0n) is 15.8. The summed E-state index contributed by atoms with van der Waals surface area (Å²) in [6, 6.07) is 17.6. The summed E-state index contributed by atoms with van der Waals surface area (Å²) in [6.07, 6.45) is 3.87. The highest BCUT2D eigenvalue weighted by molar-refractivity contribution is 5.77. The molecule has 3 aromatic rings. The van der Waals surface area contributed by atoms with E-state index < -0.39 is 0 Å². The highest BCUT2D eigenvalue weighted by Crippen LogP contribution is 2.16. The van der Waals surface area contributed by atoms with Crippen molar-refractivity contribution in [1.29, 1.82) is 0 Å². The molecule has 144 valence electrons. The summed E-state index contributed by atoms with van der Waals surface area (Å²) in [7, 11) is 0. The number of aryl methyl sites for hydroxylation is 1. The lowest BCUT2D eigenvalue weighted by molar-refractivity contribution is -0.132. The molecule has 1 fully saturated rings. The molecule has 0 aliphatic carbocycles. The van der Waals surface area contributed by atoms with Crippen molar-refractivity contribution in [2.75, 3.05) is 18.4 Å². The van der Waals surface area contributed by atoms with E-state index in [1.807, 2.05) is 53.4 Å². The van der Waals surface area contributed by atoms with Crippen LogP contribution in [0.15, 0.2) is 65.7 Å². The number of amides is 1. The van der Waals surface area contributed by atoms with E-state index in [4.69, 9.17) is 0 Å². The molecule has 1 unspecified atom stereocenters. The van der Waals surface area contributed by atoms with Crippen molar-refractivity contribution in [3.63, 3.8) is 0 Å². The lowest BCUT2D eigenvalue weighted by Gasteiger charge is -2.34. The molecule has 0 bridgehead atoms. The van der Waals surface area contributed by atoms with E-state index in [2.05, 4.69) is 10.3 Å². The summed E-state index contributed by atoms with van der Waals surface area (Å²) < 4.78 is 1.53. The van der Waals surface area contributed by atoms with Crippen LogP contribution in [0.5, 0.6) is 0 Å². The van der Waals surface area contributed by atoms with Crippen molar-refractivity contribution in [2.45, 2.75) is 31.8 Å². The predicted molar refractivity (Wildman–Crippen MR) is 110 cm³/mol. The lowest BCUT2D eigenvalue weighted by Crippen LogP contribution is -2.45. The number of fused-ring (bicyclic) bond motifs is 1. The minimum Gasteiger partial charge on any atom is -0.381 e. The Bertz CT molecular complexity index is 1020. The lowest BCUT2D eigenvalue weighted by atomic mass is 10.0. The van der Waals surface area contributed by atoms with Crippen LogP contribution in [0.4, 0.5) is 5.69 Å². The smallest absolute Gasteiger partial charge is 0.261 e. The minimum absolute atomic E-state index is 0.0830. The number of anilines is 1. The first-order valence-electron chi connectivity index (χ1n) is 9.74. The van der Waals surface area contributed by atoms with Gasteiger partial charge in [-0.3, -0.25) is 14.2 Å². The van der Waals surface area contributed by atoms with E-state index in [-0.39, 0.29) is 17.5 Å². The fraction of sp³-hybridized carbons (Fsp3) is 0.318. The van der Waals surface area contributed by atoms with E-state index >= 15 is 0 Å². The third-order valence-corrected chi connectivity index (χ3v) is 5.22. The van der Waals surface area contributed by atoms with Crippen LogP contribution in [0.3, 0.4) is 0 Å². The Morgan fingerprint density at radius 1 is 1.11 bits per heavy atom. The Morgan fingerprint density at radius 2 is 1.89 bits per heavy atom. The molecule has 1 N–H and O–H groups in total. The first-order chi connectivity index (χ1) is 13.7. The zero-order chi connectivity index (χ0) is 19.3. The van der Waals surface area contributed by atoms with Gasteiger partial charge in [-0.15, -0.1) is 0 Å². The summed E-state index contributed by atoms with van der Waals surface area (Å²) in [4.78, 5) is 31.5.